The molecule has 0 aliphatic rings. The highest BCUT2D eigenvalue weighted by Gasteiger charge is 2.08. The fourth-order valence-corrected chi connectivity index (χ4v) is 1.85. The number of nitriles is 1. The smallest absolute Gasteiger partial charge is 0.161 e. The van der Waals surface area contributed by atoms with Gasteiger partial charge in [-0.1, -0.05) is 6.07 Å². The summed E-state index contributed by atoms with van der Waals surface area (Å²) in [5.74, 6) is 2.60. The molecule has 0 N–H and O–H groups in total. The Hall–Kier alpha value is -2.67. The van der Waals surface area contributed by atoms with Crippen LogP contribution in [0, 0.1) is 18.3 Å². The lowest BCUT2D eigenvalue weighted by molar-refractivity contribution is 0.355. The summed E-state index contributed by atoms with van der Waals surface area (Å²) in [5, 5.41) is 9.24. The van der Waals surface area contributed by atoms with Crippen molar-refractivity contribution in [1.29, 1.82) is 5.26 Å². The van der Waals surface area contributed by atoms with E-state index < -0.39 is 0 Å². The van der Waals surface area contributed by atoms with Crippen molar-refractivity contribution in [3.63, 3.8) is 0 Å². The molecule has 1 heterocycles. The van der Waals surface area contributed by atoms with E-state index in [-0.39, 0.29) is 0 Å². The van der Waals surface area contributed by atoms with Crippen LogP contribution in [0.4, 0.5) is 0 Å². The van der Waals surface area contributed by atoms with Crippen molar-refractivity contribution in [1.82, 2.24) is 0 Å². The second-order valence-corrected chi connectivity index (χ2v) is 4.19. The second kappa shape index (κ2) is 5.98. The first kappa shape index (κ1) is 13.8. The Labute approximate surface area is 117 Å². The molecule has 0 unspecified atom stereocenters. The van der Waals surface area contributed by atoms with Gasteiger partial charge in [-0.2, -0.15) is 5.26 Å². The molecule has 0 saturated heterocycles. The van der Waals surface area contributed by atoms with E-state index in [0.717, 1.165) is 11.3 Å². The van der Waals surface area contributed by atoms with Crippen LogP contribution in [-0.4, -0.2) is 14.2 Å². The molecule has 0 amide bonds. The highest BCUT2D eigenvalue weighted by Crippen LogP contribution is 2.29. The monoisotopic (exact) mass is 269 g/mol. The zero-order valence-electron chi connectivity index (χ0n) is 11.6. The molecule has 0 bridgehead atoms. The number of hydrogen-bond acceptors (Lipinski definition) is 4. The van der Waals surface area contributed by atoms with Crippen LogP contribution in [0.5, 0.6) is 11.5 Å². The zero-order valence-corrected chi connectivity index (χ0v) is 11.6. The highest BCUT2D eigenvalue weighted by molar-refractivity contribution is 5.88. The lowest BCUT2D eigenvalue weighted by Gasteiger charge is -2.07. The third-order valence-electron chi connectivity index (χ3n) is 2.84. The Morgan fingerprint density at radius 3 is 2.45 bits per heavy atom. The minimum Gasteiger partial charge on any atom is -0.493 e. The Kier molecular flexibility index (Phi) is 4.11. The Morgan fingerprint density at radius 1 is 1.15 bits per heavy atom. The number of hydrogen-bond donors (Lipinski definition) is 0. The van der Waals surface area contributed by atoms with Crippen molar-refractivity contribution < 1.29 is 13.9 Å². The van der Waals surface area contributed by atoms with E-state index in [0.29, 0.717) is 22.8 Å². The highest BCUT2D eigenvalue weighted by atomic mass is 16.5. The van der Waals surface area contributed by atoms with E-state index in [2.05, 4.69) is 6.07 Å². The van der Waals surface area contributed by atoms with Crippen molar-refractivity contribution in [3.05, 3.63) is 47.4 Å². The van der Waals surface area contributed by atoms with Gasteiger partial charge in [0.2, 0.25) is 0 Å². The number of benzene rings is 1. The summed E-state index contributed by atoms with van der Waals surface area (Å²) in [6.07, 6.45) is 1.75. The number of ether oxygens (including phenoxy) is 2. The van der Waals surface area contributed by atoms with Crippen molar-refractivity contribution in [2.45, 2.75) is 6.92 Å². The fourth-order valence-electron chi connectivity index (χ4n) is 1.85. The standard InChI is InChI=1S/C16H15NO3/c1-11-4-6-14(20-11)13(10-17)8-12-5-7-15(18-2)16(9-12)19-3/h4-9H,1-3H3/b13-8+. The predicted molar refractivity (Wildman–Crippen MR) is 76.5 cm³/mol. The minimum atomic E-state index is 0.463. The Balaban J connectivity index is 2.40. The summed E-state index contributed by atoms with van der Waals surface area (Å²) in [6.45, 7) is 1.84. The van der Waals surface area contributed by atoms with Crippen LogP contribution in [0.3, 0.4) is 0 Å². The molecule has 1 aromatic carbocycles. The lowest BCUT2D eigenvalue weighted by Crippen LogP contribution is -1.90. The number of rotatable bonds is 4. The molecule has 0 spiro atoms. The van der Waals surface area contributed by atoms with Crippen LogP contribution < -0.4 is 9.47 Å². The van der Waals surface area contributed by atoms with Gasteiger partial charge in [-0.05, 0) is 42.8 Å². The first-order valence-electron chi connectivity index (χ1n) is 6.08. The largest absolute Gasteiger partial charge is 0.493 e. The second-order valence-electron chi connectivity index (χ2n) is 4.19. The first-order chi connectivity index (χ1) is 9.67. The van der Waals surface area contributed by atoms with Gasteiger partial charge in [-0.25, -0.2) is 0 Å². The van der Waals surface area contributed by atoms with Gasteiger partial charge in [-0.15, -0.1) is 0 Å². The van der Waals surface area contributed by atoms with Crippen molar-refractivity contribution in [2.75, 3.05) is 14.2 Å². The quantitative estimate of drug-likeness (QED) is 0.795. The molecule has 4 heteroatoms. The third kappa shape index (κ3) is 2.83. The molecule has 0 saturated carbocycles. The van der Waals surface area contributed by atoms with Crippen molar-refractivity contribution >= 4 is 11.6 Å². The minimum absolute atomic E-state index is 0.463. The summed E-state index contributed by atoms with van der Waals surface area (Å²) in [7, 11) is 3.16. The molecule has 4 nitrogen and oxygen atoms in total. The molecule has 0 aliphatic carbocycles. The molecule has 2 rings (SSSR count). The normalized spacial score (nSPS) is 11.0. The van der Waals surface area contributed by atoms with Gasteiger partial charge in [-0.3, -0.25) is 0 Å². The molecule has 1 aromatic heterocycles. The SMILES string of the molecule is COc1ccc(/C=C(\C#N)c2ccc(C)o2)cc1OC. The van der Waals surface area contributed by atoms with E-state index in [1.807, 2.05) is 25.1 Å². The maximum Gasteiger partial charge on any atom is 0.161 e. The number of allylic oxidation sites excluding steroid dienone is 1. The average molecular weight is 269 g/mol. The number of aryl methyl sites for hydroxylation is 1. The summed E-state index contributed by atoms with van der Waals surface area (Å²) >= 11 is 0. The van der Waals surface area contributed by atoms with E-state index in [4.69, 9.17) is 13.9 Å². The van der Waals surface area contributed by atoms with E-state index >= 15 is 0 Å². The molecule has 102 valence electrons. The van der Waals surface area contributed by atoms with Gasteiger partial charge in [0.15, 0.2) is 11.5 Å². The Bertz CT molecular complexity index is 677. The van der Waals surface area contributed by atoms with Gasteiger partial charge in [0.25, 0.3) is 0 Å². The van der Waals surface area contributed by atoms with Gasteiger partial charge in [0.05, 0.1) is 19.8 Å². The summed E-state index contributed by atoms with van der Waals surface area (Å²) in [6, 6.07) is 11.2. The van der Waals surface area contributed by atoms with Crippen LogP contribution in [0.25, 0.3) is 11.6 Å². The van der Waals surface area contributed by atoms with Crippen LogP contribution in [0.1, 0.15) is 17.1 Å². The molecular formula is C16H15NO3. The van der Waals surface area contributed by atoms with Crippen LogP contribution >= 0.6 is 0 Å². The summed E-state index contributed by atoms with van der Waals surface area (Å²) in [4.78, 5) is 0. The maximum atomic E-state index is 9.24. The number of nitrogens with zero attached hydrogens (tertiary/aromatic N) is 1. The predicted octanol–water partition coefficient (Wildman–Crippen LogP) is 3.67. The van der Waals surface area contributed by atoms with E-state index in [1.54, 1.807) is 32.4 Å². The molecular weight excluding hydrogens is 254 g/mol. The zero-order chi connectivity index (χ0) is 14.5. The number of furan rings is 1. The van der Waals surface area contributed by atoms with Gasteiger partial charge < -0.3 is 13.9 Å². The molecule has 20 heavy (non-hydrogen) atoms. The fraction of sp³-hybridized carbons (Fsp3) is 0.188. The summed E-state index contributed by atoms with van der Waals surface area (Å²) < 4.78 is 15.9. The Morgan fingerprint density at radius 2 is 1.90 bits per heavy atom. The summed E-state index contributed by atoms with van der Waals surface area (Å²) in [5.41, 5.74) is 1.30. The van der Waals surface area contributed by atoms with Crippen LogP contribution in [0.2, 0.25) is 0 Å². The van der Waals surface area contributed by atoms with Crippen LogP contribution in [0.15, 0.2) is 34.7 Å². The molecule has 0 atom stereocenters. The van der Waals surface area contributed by atoms with Gasteiger partial charge >= 0.3 is 0 Å². The third-order valence-corrected chi connectivity index (χ3v) is 2.84. The van der Waals surface area contributed by atoms with Crippen molar-refractivity contribution in [3.8, 4) is 17.6 Å². The molecule has 0 aliphatic heterocycles. The number of methoxy groups -OCH3 is 2. The van der Waals surface area contributed by atoms with Crippen LogP contribution in [-0.2, 0) is 0 Å². The molecule has 0 fully saturated rings. The van der Waals surface area contributed by atoms with Gasteiger partial charge in [0, 0.05) is 0 Å². The van der Waals surface area contributed by atoms with E-state index in [9.17, 15) is 5.26 Å². The van der Waals surface area contributed by atoms with Gasteiger partial charge in [0.1, 0.15) is 17.6 Å². The molecule has 2 aromatic rings. The lowest BCUT2D eigenvalue weighted by atomic mass is 10.1. The molecule has 0 radical (unpaired) electrons. The topological polar surface area (TPSA) is 55.4 Å². The first-order valence-corrected chi connectivity index (χ1v) is 6.08. The maximum absolute atomic E-state index is 9.24. The average Bonchev–Trinajstić information content (AvgIpc) is 2.90. The van der Waals surface area contributed by atoms with E-state index in [1.165, 1.54) is 0 Å². The van der Waals surface area contributed by atoms with Crippen molar-refractivity contribution in [2.24, 2.45) is 0 Å².